The fourth-order valence-corrected chi connectivity index (χ4v) is 2.71. The Morgan fingerprint density at radius 3 is 1.33 bits per heavy atom. The van der Waals surface area contributed by atoms with Gasteiger partial charge in [0, 0.05) is 0 Å². The molecule has 0 aromatic heterocycles. The smallest absolute Gasteiger partial charge is 0.786 e. The van der Waals surface area contributed by atoms with Crippen molar-refractivity contribution in [1.29, 1.82) is 0 Å². The first-order valence-electron chi connectivity index (χ1n) is 8.54. The Kier molecular flexibility index (Phi) is 24.9. The van der Waals surface area contributed by atoms with Gasteiger partial charge in [-0.3, -0.25) is 0 Å². The van der Waals surface area contributed by atoms with Crippen molar-refractivity contribution in [3.05, 3.63) is 0 Å². The van der Waals surface area contributed by atoms with Crippen LogP contribution in [0.15, 0.2) is 0 Å². The van der Waals surface area contributed by atoms with Crippen molar-refractivity contribution in [3.8, 4) is 0 Å². The van der Waals surface area contributed by atoms with Crippen LogP contribution in [0, 0.1) is 0 Å². The van der Waals surface area contributed by atoms with Crippen LogP contribution in [-0.2, 0) is 9.05 Å². The van der Waals surface area contributed by atoms with Crippen molar-refractivity contribution >= 4 is 8.60 Å². The minimum atomic E-state index is -1.89. The molecule has 0 aliphatic heterocycles. The molecule has 0 rings (SSSR count). The molecule has 0 saturated carbocycles. The summed E-state index contributed by atoms with van der Waals surface area (Å²) >= 11 is 0. The van der Waals surface area contributed by atoms with Crippen molar-refractivity contribution in [2.45, 2.75) is 90.9 Å². The maximum Gasteiger partial charge on any atom is 1.00 e. The van der Waals surface area contributed by atoms with E-state index in [4.69, 9.17) is 9.05 Å². The summed E-state index contributed by atoms with van der Waals surface area (Å²) in [7, 11) is -1.89. The summed E-state index contributed by atoms with van der Waals surface area (Å²) in [5, 5.41) is 0. The van der Waals surface area contributed by atoms with Gasteiger partial charge >= 0.3 is 29.6 Å². The Balaban J connectivity index is 0. The third-order valence-electron chi connectivity index (χ3n) is 3.39. The van der Waals surface area contributed by atoms with E-state index in [0.29, 0.717) is 13.2 Å². The van der Waals surface area contributed by atoms with E-state index >= 15 is 0 Å². The Bertz CT molecular complexity index is 167. The molecule has 0 heterocycles. The van der Waals surface area contributed by atoms with Crippen molar-refractivity contribution in [2.75, 3.05) is 13.2 Å². The van der Waals surface area contributed by atoms with Gasteiger partial charge in [-0.1, -0.05) is 78.1 Å². The van der Waals surface area contributed by atoms with Crippen LogP contribution in [0.1, 0.15) is 90.9 Å². The van der Waals surface area contributed by atoms with Gasteiger partial charge in [0.1, 0.15) is 0 Å². The molecule has 3 nitrogen and oxygen atoms in total. The summed E-state index contributed by atoms with van der Waals surface area (Å²) in [6.45, 7) is 5.57. The molecule has 0 spiro atoms. The Hall–Kier alpha value is 1.31. The fourth-order valence-electron chi connectivity index (χ4n) is 2.08. The normalized spacial score (nSPS) is 10.9. The van der Waals surface area contributed by atoms with Crippen molar-refractivity contribution in [2.24, 2.45) is 0 Å². The van der Waals surface area contributed by atoms with Crippen LogP contribution >= 0.6 is 8.60 Å². The zero-order chi connectivity index (χ0) is 14.9. The topological polar surface area (TPSA) is 41.5 Å². The molecular weight excluding hydrogens is 294 g/mol. The second-order valence-corrected chi connectivity index (χ2v) is 6.39. The summed E-state index contributed by atoms with van der Waals surface area (Å²) < 4.78 is 10.4. The van der Waals surface area contributed by atoms with Crippen molar-refractivity contribution < 1.29 is 43.5 Å². The minimum absolute atomic E-state index is 0. The third-order valence-corrected chi connectivity index (χ3v) is 4.18. The predicted octanol–water partition coefficient (Wildman–Crippen LogP) is 2.33. The standard InChI is InChI=1S/C16H34O3P.Na/c1-3-5-7-9-11-13-15-18-20(17)19-16-14-12-10-8-6-4-2;/h3-16H2,1-2H3;/q-1;+1. The van der Waals surface area contributed by atoms with Crippen molar-refractivity contribution in [3.63, 3.8) is 0 Å². The van der Waals surface area contributed by atoms with E-state index in [0.717, 1.165) is 12.8 Å². The second kappa shape index (κ2) is 21.3. The molecule has 0 aliphatic carbocycles. The molecule has 0 bridgehead atoms. The first kappa shape index (κ1) is 24.6. The molecule has 0 atom stereocenters. The van der Waals surface area contributed by atoms with Crippen LogP contribution in [0.5, 0.6) is 0 Å². The summed E-state index contributed by atoms with van der Waals surface area (Å²) in [5.41, 5.74) is 0. The molecule has 0 aliphatic rings. The van der Waals surface area contributed by atoms with Gasteiger partial charge in [0.05, 0.1) is 21.8 Å². The van der Waals surface area contributed by atoms with E-state index in [1.165, 1.54) is 64.2 Å². The molecule has 5 heteroatoms. The van der Waals surface area contributed by atoms with Crippen LogP contribution in [0.25, 0.3) is 0 Å². The summed E-state index contributed by atoms with van der Waals surface area (Å²) in [5.74, 6) is 0. The van der Waals surface area contributed by atoms with Gasteiger partial charge in [-0.05, 0) is 12.8 Å². The van der Waals surface area contributed by atoms with Gasteiger partial charge in [-0.2, -0.15) is 0 Å². The maximum absolute atomic E-state index is 11.4. The molecule has 0 aromatic rings. The zero-order valence-corrected chi connectivity index (χ0v) is 17.5. The quantitative estimate of drug-likeness (QED) is 0.248. The van der Waals surface area contributed by atoms with Crippen LogP contribution in [-0.4, -0.2) is 13.2 Å². The van der Waals surface area contributed by atoms with Gasteiger partial charge in [0.15, 0.2) is 0 Å². The van der Waals surface area contributed by atoms with Gasteiger partial charge in [-0.25, -0.2) is 0 Å². The van der Waals surface area contributed by atoms with Crippen LogP contribution in [0.2, 0.25) is 0 Å². The molecule has 0 aromatic carbocycles. The van der Waals surface area contributed by atoms with Gasteiger partial charge in [0.25, 0.3) is 0 Å². The average molecular weight is 328 g/mol. The SMILES string of the molecule is CCCCCCCCOP([O-])OCCCCCCCC.[Na+]. The number of hydrogen-bond acceptors (Lipinski definition) is 3. The van der Waals surface area contributed by atoms with Crippen LogP contribution < -0.4 is 34.5 Å². The predicted molar refractivity (Wildman–Crippen MR) is 85.6 cm³/mol. The molecule has 0 unspecified atom stereocenters. The molecule has 0 fully saturated rings. The number of rotatable bonds is 16. The van der Waals surface area contributed by atoms with E-state index in [9.17, 15) is 4.89 Å². The summed E-state index contributed by atoms with van der Waals surface area (Å²) in [4.78, 5) is 11.4. The number of unbranched alkanes of at least 4 members (excludes halogenated alkanes) is 10. The Morgan fingerprint density at radius 1 is 0.619 bits per heavy atom. The van der Waals surface area contributed by atoms with Crippen LogP contribution in [0.3, 0.4) is 0 Å². The first-order chi connectivity index (χ1) is 9.81. The van der Waals surface area contributed by atoms with Crippen LogP contribution in [0.4, 0.5) is 0 Å². The maximum atomic E-state index is 11.4. The Morgan fingerprint density at radius 2 is 0.952 bits per heavy atom. The molecule has 21 heavy (non-hydrogen) atoms. The van der Waals surface area contributed by atoms with Gasteiger partial charge in [0.2, 0.25) is 0 Å². The average Bonchev–Trinajstić information content (AvgIpc) is 2.45. The van der Waals surface area contributed by atoms with E-state index < -0.39 is 8.60 Å². The van der Waals surface area contributed by atoms with E-state index in [1.54, 1.807) is 0 Å². The molecule has 122 valence electrons. The minimum Gasteiger partial charge on any atom is -0.786 e. The third kappa shape index (κ3) is 21.3. The monoisotopic (exact) mass is 328 g/mol. The summed E-state index contributed by atoms with van der Waals surface area (Å²) in [6, 6.07) is 0. The van der Waals surface area contributed by atoms with E-state index in [1.807, 2.05) is 0 Å². The first-order valence-corrected chi connectivity index (χ1v) is 9.63. The van der Waals surface area contributed by atoms with E-state index in [2.05, 4.69) is 13.8 Å². The van der Waals surface area contributed by atoms with Crippen molar-refractivity contribution in [1.82, 2.24) is 0 Å². The second-order valence-electron chi connectivity index (χ2n) is 5.43. The zero-order valence-electron chi connectivity index (χ0n) is 14.6. The van der Waals surface area contributed by atoms with Gasteiger partial charge in [-0.15, -0.1) is 0 Å². The number of hydrogen-bond donors (Lipinski definition) is 0. The van der Waals surface area contributed by atoms with Gasteiger partial charge < -0.3 is 13.9 Å². The molecule has 0 amide bonds. The largest absolute Gasteiger partial charge is 1.00 e. The summed E-state index contributed by atoms with van der Waals surface area (Å²) in [6.07, 6.45) is 14.6. The molecule has 0 N–H and O–H groups in total. The fraction of sp³-hybridized carbons (Fsp3) is 1.00. The van der Waals surface area contributed by atoms with E-state index in [-0.39, 0.29) is 29.6 Å². The molecule has 0 saturated heterocycles. The molecular formula is C16H34NaO3P. The molecule has 0 radical (unpaired) electrons. The Labute approximate surface area is 155 Å².